The minimum atomic E-state index is -0.544. The lowest BCUT2D eigenvalue weighted by Crippen LogP contribution is -2.11. The summed E-state index contributed by atoms with van der Waals surface area (Å²) in [5, 5.41) is 11.2. The van der Waals surface area contributed by atoms with Gasteiger partial charge in [0.1, 0.15) is 17.6 Å². The molecule has 1 aromatic rings. The lowest BCUT2D eigenvalue weighted by molar-refractivity contribution is 0.228. The summed E-state index contributed by atoms with van der Waals surface area (Å²) in [7, 11) is 1.44. The van der Waals surface area contributed by atoms with E-state index >= 15 is 0 Å². The number of nitrogens with zero attached hydrogens (tertiary/aromatic N) is 2. The minimum Gasteiger partial charge on any atom is -0.465 e. The number of aliphatic imine (C=N–C) groups is 1. The molecule has 0 fully saturated rings. The van der Waals surface area contributed by atoms with E-state index in [-0.39, 0.29) is 28.3 Å². The Bertz CT molecular complexity index is 450. The average Bonchev–Trinajstić information content (AvgIpc) is 2.23. The summed E-state index contributed by atoms with van der Waals surface area (Å²) in [5.41, 5.74) is 0. The maximum Gasteiger partial charge on any atom is 0.130 e. The van der Waals surface area contributed by atoms with E-state index in [2.05, 4.69) is 26.2 Å². The Morgan fingerprint density at radius 1 is 1.56 bits per heavy atom. The third kappa shape index (κ3) is 5.44. The van der Waals surface area contributed by atoms with Gasteiger partial charge < -0.3 is 19.8 Å². The standard InChI is InChI=1S/C10H9BrClFN3O2/c1-17-5-15-10(16-9(11)14)18-8-3-6(12)2-7(13)4-8/h2-4H,5H2,1H3,(H-,14,15,16)/q-1. The first-order chi connectivity index (χ1) is 8.51. The first-order valence-corrected chi connectivity index (χ1v) is 5.81. The summed E-state index contributed by atoms with van der Waals surface area (Å²) in [4.78, 5) is 3.65. The van der Waals surface area contributed by atoms with Crippen molar-refractivity contribution in [2.75, 3.05) is 13.8 Å². The zero-order chi connectivity index (χ0) is 13.5. The molecule has 0 atom stereocenters. The van der Waals surface area contributed by atoms with Gasteiger partial charge >= 0.3 is 0 Å². The molecule has 0 aromatic heterocycles. The van der Waals surface area contributed by atoms with Crippen LogP contribution in [0.2, 0.25) is 5.02 Å². The summed E-state index contributed by atoms with van der Waals surface area (Å²) >= 11 is 8.50. The Labute approximate surface area is 117 Å². The zero-order valence-electron chi connectivity index (χ0n) is 9.28. The Morgan fingerprint density at radius 3 is 2.83 bits per heavy atom. The highest BCUT2D eigenvalue weighted by atomic mass is 79.9. The molecule has 0 aliphatic rings. The molecule has 0 radical (unpaired) electrons. The predicted octanol–water partition coefficient (Wildman–Crippen LogP) is 3.52. The van der Waals surface area contributed by atoms with E-state index in [0.717, 1.165) is 12.1 Å². The van der Waals surface area contributed by atoms with E-state index in [4.69, 9.17) is 26.5 Å². The fraction of sp³-hybridized carbons (Fsp3) is 0.200. The Kier molecular flexibility index (Phi) is 6.03. The van der Waals surface area contributed by atoms with Crippen LogP contribution in [0, 0.1) is 11.2 Å². The Balaban J connectivity index is 2.85. The lowest BCUT2D eigenvalue weighted by atomic mass is 10.3. The highest BCUT2D eigenvalue weighted by Crippen LogP contribution is 2.21. The second kappa shape index (κ2) is 7.30. The van der Waals surface area contributed by atoms with Gasteiger partial charge in [0, 0.05) is 18.2 Å². The third-order valence-electron chi connectivity index (χ3n) is 1.57. The molecule has 0 spiro atoms. The summed E-state index contributed by atoms with van der Waals surface area (Å²) < 4.78 is 22.8. The first kappa shape index (κ1) is 14.9. The fourth-order valence-corrected chi connectivity index (χ4v) is 1.35. The van der Waals surface area contributed by atoms with E-state index < -0.39 is 5.82 Å². The van der Waals surface area contributed by atoms with Crippen LogP contribution in [0.5, 0.6) is 5.75 Å². The average molecular weight is 338 g/mol. The molecular weight excluding hydrogens is 328 g/mol. The van der Waals surface area contributed by atoms with Crippen LogP contribution in [0.15, 0.2) is 23.2 Å². The van der Waals surface area contributed by atoms with E-state index in [1.807, 2.05) is 0 Å². The lowest BCUT2D eigenvalue weighted by Gasteiger charge is -2.18. The van der Waals surface area contributed by atoms with Gasteiger partial charge in [-0.2, -0.15) is 0 Å². The molecule has 18 heavy (non-hydrogen) atoms. The Hall–Kier alpha value is -1.18. The summed E-state index contributed by atoms with van der Waals surface area (Å²) in [5.74, 6) is -0.412. The maximum absolute atomic E-state index is 13.1. The molecular formula is C10H9BrClFN3O2-. The van der Waals surface area contributed by atoms with Gasteiger partial charge in [-0.05, 0) is 28.1 Å². The number of benzene rings is 1. The van der Waals surface area contributed by atoms with Gasteiger partial charge in [0.2, 0.25) is 0 Å². The predicted molar refractivity (Wildman–Crippen MR) is 71.4 cm³/mol. The molecule has 1 aromatic carbocycles. The zero-order valence-corrected chi connectivity index (χ0v) is 11.6. The number of amidine groups is 2. The first-order valence-electron chi connectivity index (χ1n) is 4.64. The Morgan fingerprint density at radius 2 is 2.28 bits per heavy atom. The second-order valence-electron chi connectivity index (χ2n) is 2.97. The molecule has 0 unspecified atom stereocenters. The molecule has 8 heteroatoms. The van der Waals surface area contributed by atoms with Gasteiger partial charge in [0.05, 0.1) is 11.5 Å². The quantitative estimate of drug-likeness (QED) is 0.521. The smallest absolute Gasteiger partial charge is 0.130 e. The van der Waals surface area contributed by atoms with E-state index in [1.54, 1.807) is 0 Å². The van der Waals surface area contributed by atoms with E-state index in [0.29, 0.717) is 0 Å². The molecule has 0 aliphatic carbocycles. The van der Waals surface area contributed by atoms with Crippen molar-refractivity contribution in [2.24, 2.45) is 4.99 Å². The van der Waals surface area contributed by atoms with E-state index in [1.165, 1.54) is 13.2 Å². The molecule has 1 N–H and O–H groups in total. The van der Waals surface area contributed by atoms with Crippen molar-refractivity contribution in [3.8, 4) is 5.75 Å². The molecule has 5 nitrogen and oxygen atoms in total. The maximum atomic E-state index is 13.1. The molecule has 98 valence electrons. The van der Waals surface area contributed by atoms with Crippen molar-refractivity contribution in [3.63, 3.8) is 0 Å². The fourth-order valence-electron chi connectivity index (χ4n) is 0.987. The number of hydrogen-bond donors (Lipinski definition) is 1. The molecule has 0 bridgehead atoms. The van der Waals surface area contributed by atoms with Crippen LogP contribution in [-0.4, -0.2) is 24.6 Å². The van der Waals surface area contributed by atoms with Gasteiger partial charge in [-0.15, -0.1) is 0 Å². The summed E-state index contributed by atoms with van der Waals surface area (Å²) in [6.45, 7) is 0.00214. The highest BCUT2D eigenvalue weighted by Gasteiger charge is 2.01. The molecule has 0 aliphatic heterocycles. The van der Waals surface area contributed by atoms with Crippen LogP contribution in [-0.2, 0) is 4.74 Å². The number of methoxy groups -OCH3 is 1. The highest BCUT2D eigenvalue weighted by molar-refractivity contribution is 9.18. The van der Waals surface area contributed by atoms with Crippen molar-refractivity contribution >= 4 is 38.3 Å². The second-order valence-corrected chi connectivity index (χ2v) is 4.16. The normalized spacial score (nSPS) is 11.2. The van der Waals surface area contributed by atoms with Crippen molar-refractivity contribution < 1.29 is 13.9 Å². The molecule has 0 amide bonds. The number of halogens is 3. The molecule has 0 saturated carbocycles. The number of ether oxygens (including phenoxy) is 2. The number of nitrogens with one attached hydrogen (secondary N) is 1. The monoisotopic (exact) mass is 336 g/mol. The van der Waals surface area contributed by atoms with Gasteiger partial charge in [-0.25, -0.2) is 4.39 Å². The summed E-state index contributed by atoms with van der Waals surface area (Å²) in [6, 6.07) is 3.53. The van der Waals surface area contributed by atoms with Crippen molar-refractivity contribution in [3.05, 3.63) is 34.4 Å². The van der Waals surface area contributed by atoms with Gasteiger partial charge in [0.15, 0.2) is 0 Å². The van der Waals surface area contributed by atoms with Gasteiger partial charge in [-0.3, -0.25) is 5.41 Å². The SMILES string of the molecule is COC[N-]C(=NC(=N)Br)Oc1cc(F)cc(Cl)c1. The van der Waals surface area contributed by atoms with Crippen molar-refractivity contribution in [2.45, 2.75) is 0 Å². The van der Waals surface area contributed by atoms with E-state index in [9.17, 15) is 4.39 Å². The molecule has 0 heterocycles. The van der Waals surface area contributed by atoms with Crippen LogP contribution in [0.25, 0.3) is 5.32 Å². The number of hydrogen-bond acceptors (Lipinski definition) is 3. The van der Waals surface area contributed by atoms with Gasteiger partial charge in [-0.1, -0.05) is 11.6 Å². The van der Waals surface area contributed by atoms with Crippen molar-refractivity contribution in [1.29, 1.82) is 5.41 Å². The van der Waals surface area contributed by atoms with Crippen LogP contribution >= 0.6 is 27.5 Å². The topological polar surface area (TPSA) is 68.8 Å². The summed E-state index contributed by atoms with van der Waals surface area (Å²) in [6.07, 6.45) is 0. The largest absolute Gasteiger partial charge is 0.465 e. The van der Waals surface area contributed by atoms with Crippen LogP contribution < -0.4 is 4.74 Å². The molecule has 1 rings (SSSR count). The third-order valence-corrected chi connectivity index (χ3v) is 1.96. The number of rotatable bonds is 3. The van der Waals surface area contributed by atoms with Crippen LogP contribution in [0.1, 0.15) is 0 Å². The van der Waals surface area contributed by atoms with Crippen LogP contribution in [0.3, 0.4) is 0 Å². The van der Waals surface area contributed by atoms with Crippen LogP contribution in [0.4, 0.5) is 4.39 Å². The van der Waals surface area contributed by atoms with Crippen molar-refractivity contribution in [1.82, 2.24) is 0 Å². The minimum absolute atomic E-state index is 0.00214. The van der Waals surface area contributed by atoms with Gasteiger partial charge in [0.25, 0.3) is 0 Å². The molecule has 0 saturated heterocycles.